The highest BCUT2D eigenvalue weighted by Crippen LogP contribution is 2.31. The summed E-state index contributed by atoms with van der Waals surface area (Å²) >= 11 is 0. The number of likely N-dealkylation sites (tertiary alicyclic amines) is 1. The molecule has 0 N–H and O–H groups in total. The van der Waals surface area contributed by atoms with Crippen LogP contribution in [0.15, 0.2) is 10.9 Å². The zero-order valence-corrected chi connectivity index (χ0v) is 15.0. The van der Waals surface area contributed by atoms with E-state index in [2.05, 4.69) is 50.6 Å². The fourth-order valence-electron chi connectivity index (χ4n) is 3.33. The van der Waals surface area contributed by atoms with E-state index in [9.17, 15) is 0 Å². The first-order valence-corrected chi connectivity index (χ1v) is 9.10. The van der Waals surface area contributed by atoms with E-state index in [0.717, 1.165) is 62.9 Å². The first-order valence-electron chi connectivity index (χ1n) is 9.10. The molecule has 1 aliphatic rings. The summed E-state index contributed by atoms with van der Waals surface area (Å²) in [6.45, 7) is 9.31. The molecule has 0 amide bonds. The molecule has 0 unspecified atom stereocenters. The van der Waals surface area contributed by atoms with Gasteiger partial charge in [0.05, 0.1) is 12.6 Å². The summed E-state index contributed by atoms with van der Waals surface area (Å²) in [6, 6.07) is 0.295. The van der Waals surface area contributed by atoms with Crippen molar-refractivity contribution < 1.29 is 4.52 Å². The summed E-state index contributed by atoms with van der Waals surface area (Å²) in [5.74, 6) is 3.18. The number of unbranched alkanes of at least 4 members (excludes halogenated alkanes) is 1. The van der Waals surface area contributed by atoms with Gasteiger partial charge in [0.25, 0.3) is 0 Å². The topological polar surface area (TPSA) is 72.9 Å². The zero-order valence-electron chi connectivity index (χ0n) is 15.0. The Bertz CT molecular complexity index is 635. The highest BCUT2D eigenvalue weighted by molar-refractivity contribution is 5.01. The molecule has 0 radical (unpaired) electrons. The summed E-state index contributed by atoms with van der Waals surface area (Å²) < 4.78 is 7.55. The van der Waals surface area contributed by atoms with Gasteiger partial charge in [0.15, 0.2) is 5.82 Å². The Hall–Kier alpha value is -1.76. The molecule has 2 aromatic heterocycles. The lowest BCUT2D eigenvalue weighted by Gasteiger charge is -2.23. The minimum atomic E-state index is 0.295. The number of nitrogens with zero attached hydrogens (tertiary/aromatic N) is 6. The molecular weight excluding hydrogens is 304 g/mol. The van der Waals surface area contributed by atoms with E-state index in [4.69, 9.17) is 4.52 Å². The van der Waals surface area contributed by atoms with E-state index in [0.29, 0.717) is 12.0 Å². The molecule has 3 heterocycles. The number of hydrogen-bond acceptors (Lipinski definition) is 6. The molecule has 0 spiro atoms. The third kappa shape index (κ3) is 4.01. The van der Waals surface area contributed by atoms with Crippen LogP contribution in [0.4, 0.5) is 0 Å². The molecule has 0 aromatic carbocycles. The molecule has 1 aliphatic heterocycles. The quantitative estimate of drug-likeness (QED) is 0.740. The Balaban J connectivity index is 1.67. The van der Waals surface area contributed by atoms with Gasteiger partial charge in [-0.15, -0.1) is 10.2 Å². The van der Waals surface area contributed by atoms with Crippen LogP contribution in [-0.4, -0.2) is 36.3 Å². The maximum Gasteiger partial charge on any atom is 0.226 e. The van der Waals surface area contributed by atoms with Crippen molar-refractivity contribution in [2.24, 2.45) is 5.92 Å². The number of hydrogen-bond donors (Lipinski definition) is 0. The minimum absolute atomic E-state index is 0.295. The Morgan fingerprint density at radius 2 is 2.25 bits per heavy atom. The molecular formula is C17H28N6O. The summed E-state index contributed by atoms with van der Waals surface area (Å²) in [5, 5.41) is 12.7. The van der Waals surface area contributed by atoms with Crippen molar-refractivity contribution >= 4 is 0 Å². The molecule has 7 heteroatoms. The van der Waals surface area contributed by atoms with Crippen LogP contribution in [0, 0.1) is 5.92 Å². The van der Waals surface area contributed by atoms with Crippen molar-refractivity contribution in [2.45, 2.75) is 72.0 Å². The van der Waals surface area contributed by atoms with Crippen molar-refractivity contribution in [2.75, 3.05) is 6.54 Å². The monoisotopic (exact) mass is 332 g/mol. The fraction of sp³-hybridized carbons (Fsp3) is 0.765. The van der Waals surface area contributed by atoms with Crippen LogP contribution in [-0.2, 0) is 19.5 Å². The molecule has 1 fully saturated rings. The van der Waals surface area contributed by atoms with E-state index in [-0.39, 0.29) is 0 Å². The molecule has 0 bridgehead atoms. The van der Waals surface area contributed by atoms with E-state index in [1.807, 2.05) is 6.33 Å². The smallest absolute Gasteiger partial charge is 0.226 e. The standard InChI is InChI=1S/C17H28N6O/c1-4-5-8-16-19-15(21-24-16)11-22-9-6-7-14(22)17-20-18-12-23(17)10-13(2)3/h12-14H,4-11H2,1-3H3/t14-/m1/s1. The average Bonchev–Trinajstić information content (AvgIpc) is 3.26. The summed E-state index contributed by atoms with van der Waals surface area (Å²) in [4.78, 5) is 6.93. The number of aromatic nitrogens is 5. The van der Waals surface area contributed by atoms with Crippen LogP contribution in [0.25, 0.3) is 0 Å². The van der Waals surface area contributed by atoms with Gasteiger partial charge < -0.3 is 9.09 Å². The lowest BCUT2D eigenvalue weighted by atomic mass is 10.2. The minimum Gasteiger partial charge on any atom is -0.339 e. The van der Waals surface area contributed by atoms with Crippen LogP contribution in [0.3, 0.4) is 0 Å². The molecule has 24 heavy (non-hydrogen) atoms. The van der Waals surface area contributed by atoms with Gasteiger partial charge in [-0.1, -0.05) is 32.3 Å². The van der Waals surface area contributed by atoms with Crippen LogP contribution >= 0.6 is 0 Å². The first kappa shape index (κ1) is 17.1. The number of rotatable bonds is 8. The SMILES string of the molecule is CCCCc1nc(CN2CCC[C@@H]2c2nncn2CC(C)C)no1. The van der Waals surface area contributed by atoms with Gasteiger partial charge in [-0.2, -0.15) is 4.98 Å². The fourth-order valence-corrected chi connectivity index (χ4v) is 3.33. The Labute approximate surface area is 143 Å². The Kier molecular flexibility index (Phi) is 5.60. The second kappa shape index (κ2) is 7.88. The van der Waals surface area contributed by atoms with Crippen molar-refractivity contribution in [1.82, 2.24) is 29.8 Å². The van der Waals surface area contributed by atoms with Gasteiger partial charge in [-0.3, -0.25) is 4.90 Å². The summed E-state index contributed by atoms with van der Waals surface area (Å²) in [5.41, 5.74) is 0. The molecule has 132 valence electrons. The predicted molar refractivity (Wildman–Crippen MR) is 90.2 cm³/mol. The van der Waals surface area contributed by atoms with Gasteiger partial charge in [0, 0.05) is 13.0 Å². The maximum atomic E-state index is 5.36. The molecule has 0 aliphatic carbocycles. The maximum absolute atomic E-state index is 5.36. The van der Waals surface area contributed by atoms with Crippen molar-refractivity contribution in [3.8, 4) is 0 Å². The largest absolute Gasteiger partial charge is 0.339 e. The molecule has 1 atom stereocenters. The lowest BCUT2D eigenvalue weighted by Crippen LogP contribution is -2.26. The van der Waals surface area contributed by atoms with Crippen molar-refractivity contribution in [3.05, 3.63) is 23.9 Å². The highest BCUT2D eigenvalue weighted by atomic mass is 16.5. The molecule has 7 nitrogen and oxygen atoms in total. The highest BCUT2D eigenvalue weighted by Gasteiger charge is 2.31. The molecule has 2 aromatic rings. The van der Waals surface area contributed by atoms with Crippen molar-refractivity contribution in [1.29, 1.82) is 0 Å². The number of aryl methyl sites for hydroxylation is 1. The third-order valence-corrected chi connectivity index (χ3v) is 4.47. The molecule has 3 rings (SSSR count). The van der Waals surface area contributed by atoms with Crippen LogP contribution in [0.1, 0.15) is 70.0 Å². The van der Waals surface area contributed by atoms with E-state index in [1.54, 1.807) is 0 Å². The van der Waals surface area contributed by atoms with E-state index in [1.165, 1.54) is 6.42 Å². The van der Waals surface area contributed by atoms with Gasteiger partial charge in [0.1, 0.15) is 12.2 Å². The van der Waals surface area contributed by atoms with Gasteiger partial charge in [0.2, 0.25) is 5.89 Å². The predicted octanol–water partition coefficient (Wildman–Crippen LogP) is 3.00. The molecule has 1 saturated heterocycles. The zero-order chi connectivity index (χ0) is 16.9. The normalized spacial score (nSPS) is 18.8. The first-order chi connectivity index (χ1) is 11.7. The second-order valence-corrected chi connectivity index (χ2v) is 7.07. The van der Waals surface area contributed by atoms with Gasteiger partial charge >= 0.3 is 0 Å². The van der Waals surface area contributed by atoms with Gasteiger partial charge in [-0.05, 0) is 31.7 Å². The Morgan fingerprint density at radius 1 is 1.38 bits per heavy atom. The summed E-state index contributed by atoms with van der Waals surface area (Å²) in [6.07, 6.45) is 7.22. The van der Waals surface area contributed by atoms with Crippen molar-refractivity contribution in [3.63, 3.8) is 0 Å². The van der Waals surface area contributed by atoms with Crippen LogP contribution in [0.5, 0.6) is 0 Å². The van der Waals surface area contributed by atoms with E-state index < -0.39 is 0 Å². The third-order valence-electron chi connectivity index (χ3n) is 4.47. The average molecular weight is 332 g/mol. The lowest BCUT2D eigenvalue weighted by molar-refractivity contribution is 0.224. The van der Waals surface area contributed by atoms with Gasteiger partial charge in [-0.25, -0.2) is 0 Å². The van der Waals surface area contributed by atoms with E-state index >= 15 is 0 Å². The summed E-state index contributed by atoms with van der Waals surface area (Å²) in [7, 11) is 0. The van der Waals surface area contributed by atoms with Crippen LogP contribution < -0.4 is 0 Å². The Morgan fingerprint density at radius 3 is 3.04 bits per heavy atom. The second-order valence-electron chi connectivity index (χ2n) is 7.07. The van der Waals surface area contributed by atoms with Crippen LogP contribution in [0.2, 0.25) is 0 Å². The molecule has 0 saturated carbocycles.